The van der Waals surface area contributed by atoms with Gasteiger partial charge in [0, 0.05) is 16.7 Å². The standard InChI is InChI=1S/C23H18ClN3O5/c1-14-6-8-21(19(10-14)27(28)29)31-13-15-4-3-5-16(11-15)23-25-22(26-32-23)18-12-17(24)7-9-20(18)30-2/h3-12H,13H2,1-2H3. The Labute approximate surface area is 188 Å². The first-order valence-corrected chi connectivity index (χ1v) is 9.97. The van der Waals surface area contributed by atoms with Crippen LogP contribution >= 0.6 is 11.6 Å². The minimum Gasteiger partial charge on any atom is -0.496 e. The Morgan fingerprint density at radius 1 is 1.09 bits per heavy atom. The number of nitro benzene ring substituents is 1. The number of methoxy groups -OCH3 is 1. The van der Waals surface area contributed by atoms with Crippen LogP contribution in [-0.2, 0) is 6.61 Å². The summed E-state index contributed by atoms with van der Waals surface area (Å²) < 4.78 is 16.5. The summed E-state index contributed by atoms with van der Waals surface area (Å²) >= 11 is 6.10. The molecule has 0 spiro atoms. The highest BCUT2D eigenvalue weighted by molar-refractivity contribution is 6.30. The Kier molecular flexibility index (Phi) is 6.04. The number of hydrogen-bond donors (Lipinski definition) is 0. The molecule has 0 aliphatic heterocycles. The van der Waals surface area contributed by atoms with Crippen molar-refractivity contribution in [2.24, 2.45) is 0 Å². The highest BCUT2D eigenvalue weighted by Gasteiger charge is 2.17. The van der Waals surface area contributed by atoms with E-state index in [1.54, 1.807) is 44.4 Å². The van der Waals surface area contributed by atoms with E-state index in [-0.39, 0.29) is 18.0 Å². The average Bonchev–Trinajstić information content (AvgIpc) is 3.28. The van der Waals surface area contributed by atoms with Crippen LogP contribution in [0.5, 0.6) is 11.5 Å². The van der Waals surface area contributed by atoms with Crippen molar-refractivity contribution in [2.75, 3.05) is 7.11 Å². The van der Waals surface area contributed by atoms with Gasteiger partial charge in [0.25, 0.3) is 5.89 Å². The number of nitro groups is 1. The van der Waals surface area contributed by atoms with Crippen molar-refractivity contribution >= 4 is 17.3 Å². The molecule has 0 saturated carbocycles. The molecule has 0 saturated heterocycles. The lowest BCUT2D eigenvalue weighted by Crippen LogP contribution is -1.99. The summed E-state index contributed by atoms with van der Waals surface area (Å²) in [6.45, 7) is 1.93. The second-order valence-electron chi connectivity index (χ2n) is 6.99. The number of nitrogens with zero attached hydrogens (tertiary/aromatic N) is 3. The largest absolute Gasteiger partial charge is 0.496 e. The average molecular weight is 452 g/mol. The third kappa shape index (κ3) is 4.55. The zero-order valence-corrected chi connectivity index (χ0v) is 18.0. The van der Waals surface area contributed by atoms with Gasteiger partial charge in [0.2, 0.25) is 5.82 Å². The number of aryl methyl sites for hydroxylation is 1. The number of aromatic nitrogens is 2. The van der Waals surface area contributed by atoms with Crippen LogP contribution < -0.4 is 9.47 Å². The lowest BCUT2D eigenvalue weighted by Gasteiger charge is -2.08. The molecule has 0 atom stereocenters. The van der Waals surface area contributed by atoms with Gasteiger partial charge in [-0.1, -0.05) is 35.0 Å². The number of hydrogen-bond acceptors (Lipinski definition) is 7. The summed E-state index contributed by atoms with van der Waals surface area (Å²) in [5.41, 5.74) is 2.80. The first-order chi connectivity index (χ1) is 15.4. The van der Waals surface area contributed by atoms with E-state index in [2.05, 4.69) is 10.1 Å². The molecule has 32 heavy (non-hydrogen) atoms. The molecular weight excluding hydrogens is 434 g/mol. The molecule has 0 N–H and O–H groups in total. The van der Waals surface area contributed by atoms with Gasteiger partial charge < -0.3 is 14.0 Å². The molecule has 0 unspecified atom stereocenters. The van der Waals surface area contributed by atoms with E-state index < -0.39 is 4.92 Å². The molecule has 162 valence electrons. The predicted molar refractivity (Wildman–Crippen MR) is 119 cm³/mol. The normalized spacial score (nSPS) is 10.7. The first-order valence-electron chi connectivity index (χ1n) is 9.59. The zero-order valence-electron chi connectivity index (χ0n) is 17.2. The fourth-order valence-corrected chi connectivity index (χ4v) is 3.32. The zero-order chi connectivity index (χ0) is 22.7. The molecular formula is C23H18ClN3O5. The molecule has 0 aliphatic rings. The summed E-state index contributed by atoms with van der Waals surface area (Å²) in [7, 11) is 1.55. The van der Waals surface area contributed by atoms with Gasteiger partial charge in [0.05, 0.1) is 17.6 Å². The van der Waals surface area contributed by atoms with Crippen molar-refractivity contribution in [3.8, 4) is 34.3 Å². The minimum atomic E-state index is -0.456. The Bertz CT molecular complexity index is 1290. The molecule has 3 aromatic carbocycles. The summed E-state index contributed by atoms with van der Waals surface area (Å²) in [5, 5.41) is 15.9. The maximum absolute atomic E-state index is 11.3. The smallest absolute Gasteiger partial charge is 0.311 e. The third-order valence-corrected chi connectivity index (χ3v) is 4.94. The molecule has 0 aliphatic carbocycles. The van der Waals surface area contributed by atoms with Gasteiger partial charge in [-0.15, -0.1) is 0 Å². The van der Waals surface area contributed by atoms with Crippen molar-refractivity contribution in [1.29, 1.82) is 0 Å². The summed E-state index contributed by atoms with van der Waals surface area (Å²) in [6, 6.07) is 17.3. The molecule has 0 fully saturated rings. The maximum atomic E-state index is 11.3. The number of halogens is 1. The quantitative estimate of drug-likeness (QED) is 0.256. The number of benzene rings is 3. The van der Waals surface area contributed by atoms with Gasteiger partial charge in [-0.3, -0.25) is 10.1 Å². The van der Waals surface area contributed by atoms with E-state index in [0.29, 0.717) is 33.6 Å². The Morgan fingerprint density at radius 3 is 2.69 bits per heavy atom. The second kappa shape index (κ2) is 9.07. The summed E-state index contributed by atoms with van der Waals surface area (Å²) in [4.78, 5) is 15.3. The molecule has 0 radical (unpaired) electrons. The Hall–Kier alpha value is -3.91. The van der Waals surface area contributed by atoms with Gasteiger partial charge in [0.15, 0.2) is 5.75 Å². The van der Waals surface area contributed by atoms with Crippen LogP contribution in [0.2, 0.25) is 5.02 Å². The molecule has 4 rings (SSSR count). The van der Waals surface area contributed by atoms with Crippen LogP contribution in [0.4, 0.5) is 5.69 Å². The van der Waals surface area contributed by atoms with Crippen LogP contribution in [-0.4, -0.2) is 22.2 Å². The van der Waals surface area contributed by atoms with Crippen molar-refractivity contribution in [3.63, 3.8) is 0 Å². The van der Waals surface area contributed by atoms with E-state index in [1.807, 2.05) is 24.3 Å². The van der Waals surface area contributed by atoms with Crippen LogP contribution in [0.3, 0.4) is 0 Å². The maximum Gasteiger partial charge on any atom is 0.311 e. The topological polar surface area (TPSA) is 101 Å². The van der Waals surface area contributed by atoms with Gasteiger partial charge >= 0.3 is 5.69 Å². The van der Waals surface area contributed by atoms with Crippen molar-refractivity contribution in [3.05, 3.63) is 86.9 Å². The van der Waals surface area contributed by atoms with Crippen molar-refractivity contribution in [1.82, 2.24) is 10.1 Å². The number of rotatable bonds is 7. The Balaban J connectivity index is 1.56. The third-order valence-electron chi connectivity index (χ3n) is 4.71. The van der Waals surface area contributed by atoms with Crippen LogP contribution in [0.15, 0.2) is 65.2 Å². The lowest BCUT2D eigenvalue weighted by molar-refractivity contribution is -0.386. The van der Waals surface area contributed by atoms with E-state index in [1.165, 1.54) is 6.07 Å². The fraction of sp³-hybridized carbons (Fsp3) is 0.130. The fourth-order valence-electron chi connectivity index (χ4n) is 3.15. The molecule has 9 heteroatoms. The molecule has 0 bridgehead atoms. The van der Waals surface area contributed by atoms with Gasteiger partial charge in [-0.2, -0.15) is 4.98 Å². The van der Waals surface area contributed by atoms with Crippen molar-refractivity contribution < 1.29 is 18.9 Å². The van der Waals surface area contributed by atoms with E-state index in [9.17, 15) is 10.1 Å². The predicted octanol–water partition coefficient (Wildman–Crippen LogP) is 5.86. The highest BCUT2D eigenvalue weighted by Crippen LogP contribution is 2.32. The highest BCUT2D eigenvalue weighted by atomic mass is 35.5. The molecule has 0 amide bonds. The van der Waals surface area contributed by atoms with E-state index in [4.69, 9.17) is 25.6 Å². The SMILES string of the molecule is COc1ccc(Cl)cc1-c1noc(-c2cccc(COc3ccc(C)cc3[N+](=O)[O-])c2)n1. The Morgan fingerprint density at radius 2 is 1.91 bits per heavy atom. The molecule has 4 aromatic rings. The first kappa shape index (κ1) is 21.3. The molecule has 1 aromatic heterocycles. The van der Waals surface area contributed by atoms with Crippen LogP contribution in [0, 0.1) is 17.0 Å². The molecule has 8 nitrogen and oxygen atoms in total. The lowest BCUT2D eigenvalue weighted by atomic mass is 10.1. The van der Waals surface area contributed by atoms with E-state index >= 15 is 0 Å². The van der Waals surface area contributed by atoms with Crippen molar-refractivity contribution in [2.45, 2.75) is 13.5 Å². The van der Waals surface area contributed by atoms with Crippen LogP contribution in [0.25, 0.3) is 22.8 Å². The van der Waals surface area contributed by atoms with Gasteiger partial charge in [-0.05, 0) is 54.4 Å². The van der Waals surface area contributed by atoms with Gasteiger partial charge in [0.1, 0.15) is 12.4 Å². The second-order valence-corrected chi connectivity index (χ2v) is 7.42. The summed E-state index contributed by atoms with van der Waals surface area (Å²) in [6.07, 6.45) is 0. The monoisotopic (exact) mass is 451 g/mol. The van der Waals surface area contributed by atoms with E-state index in [0.717, 1.165) is 11.1 Å². The van der Waals surface area contributed by atoms with Gasteiger partial charge in [-0.25, -0.2) is 0 Å². The summed E-state index contributed by atoms with van der Waals surface area (Å²) in [5.74, 6) is 1.43. The minimum absolute atomic E-state index is 0.0711. The van der Waals surface area contributed by atoms with Crippen LogP contribution in [0.1, 0.15) is 11.1 Å². The molecule has 1 heterocycles. The number of ether oxygens (including phenoxy) is 2.